The third-order valence-electron chi connectivity index (χ3n) is 5.13. The van der Waals surface area contributed by atoms with E-state index in [9.17, 15) is 4.79 Å². The van der Waals surface area contributed by atoms with Crippen LogP contribution in [-0.2, 0) is 11.3 Å². The van der Waals surface area contributed by atoms with Gasteiger partial charge in [0.25, 0.3) is 5.91 Å². The molecule has 2 N–H and O–H groups in total. The van der Waals surface area contributed by atoms with Gasteiger partial charge in [-0.25, -0.2) is 0 Å². The normalized spacial score (nSPS) is 14.9. The van der Waals surface area contributed by atoms with Gasteiger partial charge in [0.2, 0.25) is 0 Å². The second kappa shape index (κ2) is 8.86. The predicted molar refractivity (Wildman–Crippen MR) is 104 cm³/mol. The minimum atomic E-state index is -0.0263. The Morgan fingerprint density at radius 2 is 2.00 bits per heavy atom. The Balaban J connectivity index is 1.52. The Kier molecular flexibility index (Phi) is 5.84. The molecule has 0 spiro atoms. The van der Waals surface area contributed by atoms with Crippen LogP contribution < -0.4 is 4.90 Å². The lowest BCUT2D eigenvalue weighted by Crippen LogP contribution is -3.14. The zero-order valence-electron chi connectivity index (χ0n) is 15.8. The van der Waals surface area contributed by atoms with Gasteiger partial charge in [0.15, 0.2) is 0 Å². The number of nitrogens with zero attached hydrogens (tertiary/aromatic N) is 2. The Bertz CT molecular complexity index is 870. The molecule has 4 rings (SSSR count). The number of nitrogens with one attached hydrogen (secondary N) is 2. The highest BCUT2D eigenvalue weighted by atomic mass is 16.5. The molecule has 0 atom stereocenters. The van der Waals surface area contributed by atoms with E-state index in [0.717, 1.165) is 49.7 Å². The Labute approximate surface area is 163 Å². The molecule has 28 heavy (non-hydrogen) atoms. The zero-order chi connectivity index (χ0) is 19.2. The third-order valence-corrected chi connectivity index (χ3v) is 5.13. The number of aromatic nitrogens is 2. The largest absolute Gasteiger partial charge is 0.472 e. The second-order valence-electron chi connectivity index (χ2n) is 6.99. The summed E-state index contributed by atoms with van der Waals surface area (Å²) in [4.78, 5) is 16.4. The monoisotopic (exact) mass is 381 g/mol. The highest BCUT2D eigenvalue weighted by molar-refractivity contribution is 5.93. The first-order chi connectivity index (χ1) is 13.8. The summed E-state index contributed by atoms with van der Waals surface area (Å²) in [5, 5.41) is 7.30. The number of ether oxygens (including phenoxy) is 1. The van der Waals surface area contributed by atoms with Crippen LogP contribution >= 0.6 is 0 Å². The number of hydrogen-bond donors (Lipinski definition) is 2. The van der Waals surface area contributed by atoms with Crippen LogP contribution in [0, 0.1) is 0 Å². The molecule has 3 aromatic rings. The number of benzene rings is 1. The third kappa shape index (κ3) is 4.32. The van der Waals surface area contributed by atoms with Gasteiger partial charge in [-0.2, -0.15) is 5.10 Å². The highest BCUT2D eigenvalue weighted by Gasteiger charge is 2.22. The summed E-state index contributed by atoms with van der Waals surface area (Å²) in [6, 6.07) is 11.8. The fourth-order valence-corrected chi connectivity index (χ4v) is 3.52. The lowest BCUT2D eigenvalue weighted by molar-refractivity contribution is -0.907. The summed E-state index contributed by atoms with van der Waals surface area (Å²) in [5.41, 5.74) is 3.58. The van der Waals surface area contributed by atoms with Gasteiger partial charge < -0.3 is 19.0 Å². The molecular weight excluding hydrogens is 356 g/mol. The molecule has 0 saturated carbocycles. The molecule has 1 fully saturated rings. The Morgan fingerprint density at radius 1 is 1.18 bits per heavy atom. The van der Waals surface area contributed by atoms with Crippen molar-refractivity contribution in [1.29, 1.82) is 0 Å². The van der Waals surface area contributed by atoms with Crippen LogP contribution in [0.15, 0.2) is 59.5 Å². The fraction of sp³-hybridized carbons (Fsp3) is 0.333. The number of aromatic amines is 1. The maximum Gasteiger partial charge on any atom is 0.257 e. The number of H-pyrrole nitrogens is 1. The molecule has 1 aliphatic rings. The van der Waals surface area contributed by atoms with Gasteiger partial charge in [0, 0.05) is 12.1 Å². The number of carbonyl (C=O) groups excluding carboxylic acids is 1. The van der Waals surface area contributed by atoms with Gasteiger partial charge in [0.1, 0.15) is 19.4 Å². The van der Waals surface area contributed by atoms with Crippen molar-refractivity contribution in [2.45, 2.75) is 6.54 Å². The van der Waals surface area contributed by atoms with Crippen molar-refractivity contribution in [1.82, 2.24) is 15.1 Å². The lowest BCUT2D eigenvalue weighted by atomic mass is 10.1. The van der Waals surface area contributed by atoms with Crippen molar-refractivity contribution in [3.8, 4) is 11.3 Å². The van der Waals surface area contributed by atoms with Crippen molar-refractivity contribution in [2.75, 3.05) is 39.4 Å². The van der Waals surface area contributed by atoms with Crippen molar-refractivity contribution in [3.05, 3.63) is 66.2 Å². The molecule has 0 aliphatic carbocycles. The van der Waals surface area contributed by atoms with E-state index in [0.29, 0.717) is 18.7 Å². The quantitative estimate of drug-likeness (QED) is 0.645. The van der Waals surface area contributed by atoms with Crippen molar-refractivity contribution < 1.29 is 18.8 Å². The molecule has 0 bridgehead atoms. The van der Waals surface area contributed by atoms with Crippen LogP contribution in [-0.4, -0.2) is 60.4 Å². The van der Waals surface area contributed by atoms with E-state index in [2.05, 4.69) is 10.2 Å². The van der Waals surface area contributed by atoms with E-state index in [1.54, 1.807) is 12.3 Å². The van der Waals surface area contributed by atoms with Crippen molar-refractivity contribution >= 4 is 5.91 Å². The molecule has 0 radical (unpaired) electrons. The summed E-state index contributed by atoms with van der Waals surface area (Å²) in [5.74, 6) is -0.0263. The standard InChI is InChI=1S/C21H24N4O3/c26-21(18-6-11-28-16-18)25(8-7-24-9-12-27-13-10-24)15-19-14-22-23-20(19)17-4-2-1-3-5-17/h1-6,11,14,16H,7-10,12-13,15H2,(H,22,23)/p+1. The molecule has 7 nitrogen and oxygen atoms in total. The number of morpholine rings is 1. The predicted octanol–water partition coefficient (Wildman–Crippen LogP) is 1.23. The van der Waals surface area contributed by atoms with E-state index in [1.165, 1.54) is 17.4 Å². The number of quaternary nitrogens is 1. The maximum atomic E-state index is 13.1. The molecule has 1 amide bonds. The number of carbonyl (C=O) groups is 1. The fourth-order valence-electron chi connectivity index (χ4n) is 3.52. The minimum Gasteiger partial charge on any atom is -0.472 e. The molecule has 1 aromatic carbocycles. The summed E-state index contributed by atoms with van der Waals surface area (Å²) >= 11 is 0. The summed E-state index contributed by atoms with van der Waals surface area (Å²) < 4.78 is 10.6. The number of rotatable bonds is 7. The average Bonchev–Trinajstić information content (AvgIpc) is 3.44. The second-order valence-corrected chi connectivity index (χ2v) is 6.99. The van der Waals surface area contributed by atoms with E-state index in [4.69, 9.17) is 9.15 Å². The molecule has 2 aromatic heterocycles. The molecule has 146 valence electrons. The first-order valence-corrected chi connectivity index (χ1v) is 9.62. The minimum absolute atomic E-state index is 0.0263. The number of furan rings is 1. The van der Waals surface area contributed by atoms with Crippen molar-refractivity contribution in [2.24, 2.45) is 0 Å². The maximum absolute atomic E-state index is 13.1. The Morgan fingerprint density at radius 3 is 2.75 bits per heavy atom. The van der Waals surface area contributed by atoms with Gasteiger partial charge >= 0.3 is 0 Å². The molecule has 7 heteroatoms. The molecule has 0 unspecified atom stereocenters. The van der Waals surface area contributed by atoms with Crippen LogP contribution in [0.2, 0.25) is 0 Å². The highest BCUT2D eigenvalue weighted by Crippen LogP contribution is 2.22. The van der Waals surface area contributed by atoms with Gasteiger partial charge in [-0.3, -0.25) is 9.89 Å². The van der Waals surface area contributed by atoms with Gasteiger partial charge in [-0.1, -0.05) is 30.3 Å². The first-order valence-electron chi connectivity index (χ1n) is 9.62. The SMILES string of the molecule is O=C(c1ccoc1)N(CC[NH+]1CCOCC1)Cc1cn[nH]c1-c1ccccc1. The Hall–Kier alpha value is -2.90. The summed E-state index contributed by atoms with van der Waals surface area (Å²) in [6.07, 6.45) is 4.84. The van der Waals surface area contributed by atoms with Gasteiger partial charge in [-0.15, -0.1) is 0 Å². The molecule has 1 saturated heterocycles. The average molecular weight is 381 g/mol. The van der Waals surface area contributed by atoms with E-state index in [-0.39, 0.29) is 5.91 Å². The van der Waals surface area contributed by atoms with Crippen LogP contribution in [0.3, 0.4) is 0 Å². The molecule has 1 aliphatic heterocycles. The van der Waals surface area contributed by atoms with Crippen LogP contribution in [0.25, 0.3) is 11.3 Å². The van der Waals surface area contributed by atoms with Crippen LogP contribution in [0.5, 0.6) is 0 Å². The first kappa shape index (κ1) is 18.5. The van der Waals surface area contributed by atoms with E-state index >= 15 is 0 Å². The number of hydrogen-bond acceptors (Lipinski definition) is 4. The summed E-state index contributed by atoms with van der Waals surface area (Å²) in [6.45, 7) is 5.58. The van der Waals surface area contributed by atoms with Gasteiger partial charge in [0.05, 0.1) is 50.0 Å². The van der Waals surface area contributed by atoms with Crippen molar-refractivity contribution in [3.63, 3.8) is 0 Å². The smallest absolute Gasteiger partial charge is 0.257 e. The topological polar surface area (TPSA) is 75.8 Å². The van der Waals surface area contributed by atoms with E-state index in [1.807, 2.05) is 35.2 Å². The zero-order valence-corrected chi connectivity index (χ0v) is 15.8. The summed E-state index contributed by atoms with van der Waals surface area (Å²) in [7, 11) is 0. The van der Waals surface area contributed by atoms with Crippen LogP contribution in [0.1, 0.15) is 15.9 Å². The molecule has 3 heterocycles. The lowest BCUT2D eigenvalue weighted by Gasteiger charge is -2.28. The molecular formula is C21H25N4O3+. The van der Waals surface area contributed by atoms with Crippen LogP contribution in [0.4, 0.5) is 0 Å². The van der Waals surface area contributed by atoms with Gasteiger partial charge in [-0.05, 0) is 11.6 Å². The number of amides is 1. The van der Waals surface area contributed by atoms with E-state index < -0.39 is 0 Å².